The summed E-state index contributed by atoms with van der Waals surface area (Å²) < 4.78 is 27.9. The molecule has 2 N–H and O–H groups in total. The van der Waals surface area contributed by atoms with Gasteiger partial charge >= 0.3 is 0 Å². The number of hydrogen-bond donors (Lipinski definition) is 2. The van der Waals surface area contributed by atoms with Crippen molar-refractivity contribution in [2.45, 2.75) is 38.5 Å². The Balaban J connectivity index is 1.44. The van der Waals surface area contributed by atoms with Gasteiger partial charge < -0.3 is 10.2 Å². The smallest absolute Gasteiger partial charge is 0.280 e. The molecule has 1 saturated carbocycles. The molecule has 34 heavy (non-hydrogen) atoms. The van der Waals surface area contributed by atoms with Crippen LogP contribution in [0, 0.1) is 12.8 Å². The highest BCUT2D eigenvalue weighted by atomic mass is 19.3. The van der Waals surface area contributed by atoms with Gasteiger partial charge in [-0.2, -0.15) is 0 Å². The van der Waals surface area contributed by atoms with Gasteiger partial charge in [0.1, 0.15) is 0 Å². The average Bonchev–Trinajstić information content (AvgIpc) is 3.19. The normalized spacial score (nSPS) is 15.8. The van der Waals surface area contributed by atoms with Gasteiger partial charge in [0.2, 0.25) is 5.92 Å². The molecular formula is C25H29F2N5O2. The van der Waals surface area contributed by atoms with Crippen LogP contribution in [0.15, 0.2) is 47.5 Å². The Morgan fingerprint density at radius 2 is 1.94 bits per heavy atom. The third kappa shape index (κ3) is 5.03. The first-order chi connectivity index (χ1) is 16.1. The maximum atomic E-state index is 13.3. The zero-order valence-corrected chi connectivity index (χ0v) is 19.6. The molecular weight excluding hydrogens is 440 g/mol. The number of halogens is 2. The molecule has 1 aliphatic rings. The highest BCUT2D eigenvalue weighted by molar-refractivity contribution is 5.93. The molecule has 2 aromatic heterocycles. The first kappa shape index (κ1) is 23.7. The van der Waals surface area contributed by atoms with E-state index in [0.29, 0.717) is 36.3 Å². The molecule has 0 aliphatic heterocycles. The van der Waals surface area contributed by atoms with E-state index >= 15 is 0 Å². The number of aromatic nitrogens is 3. The van der Waals surface area contributed by atoms with Crippen molar-refractivity contribution in [1.82, 2.24) is 20.1 Å². The molecule has 0 saturated heterocycles. The van der Waals surface area contributed by atoms with Crippen LogP contribution in [-0.2, 0) is 0 Å². The third-order valence-electron chi connectivity index (χ3n) is 6.42. The Kier molecular flexibility index (Phi) is 6.54. The Bertz CT molecular complexity index is 1220. The van der Waals surface area contributed by atoms with E-state index in [9.17, 15) is 18.4 Å². The zero-order chi connectivity index (χ0) is 24.5. The summed E-state index contributed by atoms with van der Waals surface area (Å²) in [6, 6.07) is 9.10. The summed E-state index contributed by atoms with van der Waals surface area (Å²) in [5.41, 5.74) is 3.51. The first-order valence-electron chi connectivity index (χ1n) is 11.4. The maximum Gasteiger partial charge on any atom is 0.280 e. The van der Waals surface area contributed by atoms with Gasteiger partial charge in [-0.25, -0.2) is 18.4 Å². The number of anilines is 1. The minimum Gasteiger partial charge on any atom is -0.378 e. The fraction of sp³-hybridized carbons (Fsp3) is 0.400. The van der Waals surface area contributed by atoms with Crippen molar-refractivity contribution in [1.29, 1.82) is 0 Å². The maximum absolute atomic E-state index is 13.3. The van der Waals surface area contributed by atoms with E-state index in [-0.39, 0.29) is 30.2 Å². The van der Waals surface area contributed by atoms with Crippen molar-refractivity contribution in [2.24, 2.45) is 5.92 Å². The molecule has 0 bridgehead atoms. The van der Waals surface area contributed by atoms with Gasteiger partial charge in [-0.15, -0.1) is 0 Å². The second kappa shape index (κ2) is 9.40. The molecule has 9 heteroatoms. The Labute approximate surface area is 196 Å². The number of rotatable bonds is 6. The number of alkyl halides is 2. The molecule has 4 rings (SSSR count). The minimum absolute atomic E-state index is 0.0574. The molecule has 7 nitrogen and oxygen atoms in total. The number of amides is 1. The Hall–Kier alpha value is -3.49. The van der Waals surface area contributed by atoms with Crippen LogP contribution < -0.4 is 15.8 Å². The number of aryl methyl sites for hydroxylation is 1. The minimum atomic E-state index is -2.58. The lowest BCUT2D eigenvalue weighted by Crippen LogP contribution is -2.34. The SMILES string of the molecule is Cc1cc(N(C)C)ccc1-c1c[nH]n(-c2ccc(C(=O)NCC3CCC(F)(F)CC3)cn2)c1=O. The van der Waals surface area contributed by atoms with Crippen molar-refractivity contribution < 1.29 is 13.6 Å². The van der Waals surface area contributed by atoms with Crippen LogP contribution >= 0.6 is 0 Å². The molecule has 0 radical (unpaired) electrons. The monoisotopic (exact) mass is 469 g/mol. The summed E-state index contributed by atoms with van der Waals surface area (Å²) in [4.78, 5) is 31.8. The number of aromatic amines is 1. The fourth-order valence-corrected chi connectivity index (χ4v) is 4.26. The molecule has 1 aliphatic carbocycles. The van der Waals surface area contributed by atoms with E-state index < -0.39 is 5.92 Å². The molecule has 2 heterocycles. The van der Waals surface area contributed by atoms with E-state index in [2.05, 4.69) is 15.4 Å². The Morgan fingerprint density at radius 1 is 1.21 bits per heavy atom. The van der Waals surface area contributed by atoms with Crippen molar-refractivity contribution in [2.75, 3.05) is 25.5 Å². The third-order valence-corrected chi connectivity index (χ3v) is 6.42. The summed E-state index contributed by atoms with van der Waals surface area (Å²) in [5.74, 6) is -2.47. The molecule has 1 aromatic carbocycles. The van der Waals surface area contributed by atoms with Gasteiger partial charge in [0.25, 0.3) is 11.5 Å². The predicted octanol–water partition coefficient (Wildman–Crippen LogP) is 4.16. The number of pyridine rings is 1. The van der Waals surface area contributed by atoms with Crippen LogP contribution in [0.5, 0.6) is 0 Å². The topological polar surface area (TPSA) is 83.0 Å². The first-order valence-corrected chi connectivity index (χ1v) is 11.4. The van der Waals surface area contributed by atoms with Crippen LogP contribution in [0.2, 0.25) is 0 Å². The van der Waals surface area contributed by atoms with Gasteiger partial charge in [0.05, 0.1) is 11.1 Å². The number of nitrogens with one attached hydrogen (secondary N) is 2. The summed E-state index contributed by atoms with van der Waals surface area (Å²) in [6.45, 7) is 2.33. The number of benzene rings is 1. The van der Waals surface area contributed by atoms with Crippen LogP contribution in [0.1, 0.15) is 41.6 Å². The second-order valence-corrected chi connectivity index (χ2v) is 9.14. The van der Waals surface area contributed by atoms with Gasteiger partial charge in [-0.1, -0.05) is 6.07 Å². The lowest BCUT2D eigenvalue weighted by Gasteiger charge is -2.28. The van der Waals surface area contributed by atoms with Gasteiger partial charge in [-0.05, 0) is 61.1 Å². The summed E-state index contributed by atoms with van der Waals surface area (Å²) >= 11 is 0. The summed E-state index contributed by atoms with van der Waals surface area (Å²) in [7, 11) is 3.93. The zero-order valence-electron chi connectivity index (χ0n) is 19.6. The lowest BCUT2D eigenvalue weighted by atomic mass is 9.87. The van der Waals surface area contributed by atoms with Crippen LogP contribution in [0.3, 0.4) is 0 Å². The molecule has 180 valence electrons. The number of hydrogen-bond acceptors (Lipinski definition) is 4. The largest absolute Gasteiger partial charge is 0.378 e. The van der Waals surface area contributed by atoms with Crippen LogP contribution in [0.25, 0.3) is 16.9 Å². The van der Waals surface area contributed by atoms with E-state index in [1.165, 1.54) is 10.9 Å². The van der Waals surface area contributed by atoms with Crippen molar-refractivity contribution >= 4 is 11.6 Å². The van der Waals surface area contributed by atoms with E-state index in [0.717, 1.165) is 16.8 Å². The lowest BCUT2D eigenvalue weighted by molar-refractivity contribution is -0.0452. The van der Waals surface area contributed by atoms with Crippen molar-refractivity contribution in [3.8, 4) is 16.9 Å². The number of H-pyrrole nitrogens is 1. The Morgan fingerprint density at radius 3 is 2.56 bits per heavy atom. The highest BCUT2D eigenvalue weighted by Crippen LogP contribution is 2.35. The van der Waals surface area contributed by atoms with Crippen molar-refractivity contribution in [3.05, 3.63) is 64.2 Å². The summed E-state index contributed by atoms with van der Waals surface area (Å²) in [6.07, 6.45) is 3.60. The second-order valence-electron chi connectivity index (χ2n) is 9.14. The van der Waals surface area contributed by atoms with E-state index in [1.54, 1.807) is 18.3 Å². The van der Waals surface area contributed by atoms with Gasteiger partial charge in [0.15, 0.2) is 5.82 Å². The molecule has 0 spiro atoms. The number of carbonyl (C=O) groups excluding carboxylic acids is 1. The van der Waals surface area contributed by atoms with E-state index in [4.69, 9.17) is 0 Å². The fourth-order valence-electron chi connectivity index (χ4n) is 4.26. The number of carbonyl (C=O) groups is 1. The quantitative estimate of drug-likeness (QED) is 0.568. The molecule has 0 atom stereocenters. The number of nitrogens with zero attached hydrogens (tertiary/aromatic N) is 3. The standard InChI is InChI=1S/C25H29F2N5O2/c1-16-12-19(31(2)3)5-6-20(16)21-15-30-32(24(21)34)22-7-4-18(14-28-22)23(33)29-13-17-8-10-25(26,27)11-9-17/h4-7,12,14-15,17,30H,8-11,13H2,1-3H3,(H,29,33). The van der Waals surface area contributed by atoms with Crippen LogP contribution in [-0.4, -0.2) is 47.2 Å². The molecule has 0 unspecified atom stereocenters. The van der Waals surface area contributed by atoms with Gasteiger partial charge in [0, 0.05) is 51.6 Å². The average molecular weight is 470 g/mol. The predicted molar refractivity (Wildman–Crippen MR) is 128 cm³/mol. The highest BCUT2D eigenvalue weighted by Gasteiger charge is 2.34. The molecule has 1 amide bonds. The molecule has 1 fully saturated rings. The van der Waals surface area contributed by atoms with Crippen molar-refractivity contribution in [3.63, 3.8) is 0 Å². The van der Waals surface area contributed by atoms with Crippen LogP contribution in [0.4, 0.5) is 14.5 Å². The van der Waals surface area contributed by atoms with Gasteiger partial charge in [-0.3, -0.25) is 14.7 Å². The van der Waals surface area contributed by atoms with E-state index in [1.807, 2.05) is 44.1 Å². The molecule has 3 aromatic rings. The summed E-state index contributed by atoms with van der Waals surface area (Å²) in [5, 5.41) is 5.75.